The average molecular weight is 1420 g/mol. The molecule has 3 aliphatic heterocycles. The van der Waals surface area contributed by atoms with Crippen LogP contribution in [0.25, 0.3) is 0 Å². The van der Waals surface area contributed by atoms with E-state index in [4.69, 9.17) is 28.4 Å². The van der Waals surface area contributed by atoms with Gasteiger partial charge in [-0.15, -0.1) is 0 Å². The number of nitrogens with one attached hydrogen (secondary N) is 1. The molecule has 3 heterocycles. The molecule has 0 aromatic rings. The highest BCUT2D eigenvalue weighted by molar-refractivity contribution is 5.76. The minimum atomic E-state index is -1.98. The van der Waals surface area contributed by atoms with Gasteiger partial charge in [0.15, 0.2) is 18.9 Å². The van der Waals surface area contributed by atoms with Gasteiger partial charge in [-0.3, -0.25) is 4.79 Å². The highest BCUT2D eigenvalue weighted by atomic mass is 16.8. The van der Waals surface area contributed by atoms with Crippen LogP contribution in [0.15, 0.2) is 146 Å². The zero-order valence-electron chi connectivity index (χ0n) is 61.3. The van der Waals surface area contributed by atoms with Gasteiger partial charge in [-0.1, -0.05) is 269 Å². The summed E-state index contributed by atoms with van der Waals surface area (Å²) in [6.45, 7) is 1.65. The second kappa shape index (κ2) is 60.9. The molecule has 0 aromatic carbocycles. The van der Waals surface area contributed by atoms with Gasteiger partial charge in [0.25, 0.3) is 0 Å². The van der Waals surface area contributed by atoms with Gasteiger partial charge >= 0.3 is 0 Å². The van der Waals surface area contributed by atoms with E-state index in [1.54, 1.807) is 0 Å². The predicted molar refractivity (Wildman–Crippen MR) is 401 cm³/mol. The summed E-state index contributed by atoms with van der Waals surface area (Å²) in [5.41, 5.74) is 0. The number of hydrogen-bond acceptors (Lipinski definition) is 18. The molecular formula is C82H135NO18. The predicted octanol–water partition coefficient (Wildman–Crippen LogP) is 12.3. The number of unbranched alkanes of at least 4 members (excludes halogenated alkanes) is 18. The molecule has 0 aromatic heterocycles. The van der Waals surface area contributed by atoms with Gasteiger partial charge in [0.1, 0.15) is 73.2 Å². The van der Waals surface area contributed by atoms with E-state index < -0.39 is 124 Å². The largest absolute Gasteiger partial charge is 0.394 e. The van der Waals surface area contributed by atoms with E-state index in [1.165, 1.54) is 70.6 Å². The van der Waals surface area contributed by atoms with E-state index in [1.807, 2.05) is 0 Å². The Balaban J connectivity index is 1.35. The lowest BCUT2D eigenvalue weighted by molar-refractivity contribution is -0.379. The number of hydrogen-bond donors (Lipinski definition) is 12. The molecule has 19 nitrogen and oxygen atoms in total. The molecular weight excluding hydrogens is 1290 g/mol. The van der Waals surface area contributed by atoms with Crippen LogP contribution >= 0.6 is 0 Å². The molecule has 0 bridgehead atoms. The summed E-state index contributed by atoms with van der Waals surface area (Å²) in [6, 6.07) is -0.912. The van der Waals surface area contributed by atoms with Crippen molar-refractivity contribution >= 4 is 5.91 Å². The molecule has 0 spiro atoms. The first kappa shape index (κ1) is 90.9. The molecule has 576 valence electrons. The number of carbonyl (C=O) groups is 1. The Kier molecular flexibility index (Phi) is 54.8. The lowest BCUT2D eigenvalue weighted by Crippen LogP contribution is -2.66. The molecule has 3 rings (SSSR count). The van der Waals surface area contributed by atoms with Crippen molar-refractivity contribution in [3.8, 4) is 0 Å². The Morgan fingerprint density at radius 2 is 0.683 bits per heavy atom. The highest BCUT2D eigenvalue weighted by Gasteiger charge is 2.53. The van der Waals surface area contributed by atoms with Gasteiger partial charge in [0, 0.05) is 6.42 Å². The normalized spacial score (nSPS) is 27.2. The van der Waals surface area contributed by atoms with E-state index in [0.29, 0.717) is 19.3 Å². The fourth-order valence-corrected chi connectivity index (χ4v) is 12.0. The second-order valence-corrected chi connectivity index (χ2v) is 26.7. The van der Waals surface area contributed by atoms with E-state index in [-0.39, 0.29) is 18.9 Å². The van der Waals surface area contributed by atoms with Crippen LogP contribution < -0.4 is 5.32 Å². The van der Waals surface area contributed by atoms with Crippen molar-refractivity contribution in [2.24, 2.45) is 0 Å². The van der Waals surface area contributed by atoms with Crippen LogP contribution in [-0.2, 0) is 33.2 Å². The summed E-state index contributed by atoms with van der Waals surface area (Å²) >= 11 is 0. The van der Waals surface area contributed by atoms with Gasteiger partial charge in [0.2, 0.25) is 5.91 Å². The summed E-state index contributed by atoms with van der Waals surface area (Å²) in [6.07, 6.45) is 60.7. The second-order valence-electron chi connectivity index (χ2n) is 26.7. The van der Waals surface area contributed by atoms with E-state index in [0.717, 1.165) is 122 Å². The molecule has 3 saturated heterocycles. The Morgan fingerprint density at radius 3 is 1.07 bits per heavy atom. The number of amides is 1. The van der Waals surface area contributed by atoms with Crippen LogP contribution in [0, 0.1) is 0 Å². The van der Waals surface area contributed by atoms with Crippen molar-refractivity contribution in [2.75, 3.05) is 26.4 Å². The molecule has 1 amide bonds. The molecule has 3 aliphatic rings. The maximum atomic E-state index is 13.4. The summed E-state index contributed by atoms with van der Waals surface area (Å²) in [5.74, 6) is -0.273. The minimum absolute atomic E-state index is 0.227. The van der Waals surface area contributed by atoms with E-state index >= 15 is 0 Å². The molecule has 17 unspecified atom stereocenters. The summed E-state index contributed by atoms with van der Waals surface area (Å²) in [5, 5.41) is 121. The zero-order valence-corrected chi connectivity index (χ0v) is 61.3. The number of rotatable bonds is 58. The molecule has 101 heavy (non-hydrogen) atoms. The number of ether oxygens (including phenoxy) is 6. The monoisotopic (exact) mass is 1420 g/mol. The summed E-state index contributed by atoms with van der Waals surface area (Å²) in [4.78, 5) is 13.4. The van der Waals surface area contributed by atoms with Crippen molar-refractivity contribution in [3.63, 3.8) is 0 Å². The Morgan fingerprint density at radius 1 is 0.366 bits per heavy atom. The maximum Gasteiger partial charge on any atom is 0.220 e. The number of allylic oxidation sites excluding steroid dienone is 24. The van der Waals surface area contributed by atoms with Crippen LogP contribution in [0.1, 0.15) is 232 Å². The van der Waals surface area contributed by atoms with Crippen LogP contribution in [0.2, 0.25) is 0 Å². The van der Waals surface area contributed by atoms with Crippen LogP contribution in [-0.4, -0.2) is 193 Å². The van der Waals surface area contributed by atoms with E-state index in [9.17, 15) is 61.0 Å². The Bertz CT molecular complexity index is 2400. The van der Waals surface area contributed by atoms with Crippen LogP contribution in [0.5, 0.6) is 0 Å². The molecule has 0 radical (unpaired) electrons. The van der Waals surface area contributed by atoms with Gasteiger partial charge in [-0.2, -0.15) is 0 Å². The van der Waals surface area contributed by atoms with Crippen LogP contribution in [0.4, 0.5) is 0 Å². The number of carbonyl (C=O) groups excluding carboxylic acids is 1. The number of aliphatic hydroxyl groups excluding tert-OH is 11. The van der Waals surface area contributed by atoms with Gasteiger partial charge in [-0.05, 0) is 103 Å². The average Bonchev–Trinajstić information content (AvgIpc) is 0.782. The van der Waals surface area contributed by atoms with E-state index in [2.05, 4.69) is 165 Å². The Labute approximate surface area is 606 Å². The van der Waals surface area contributed by atoms with Gasteiger partial charge in [-0.25, -0.2) is 0 Å². The molecule has 0 aliphatic carbocycles. The van der Waals surface area contributed by atoms with Crippen molar-refractivity contribution < 1.29 is 89.4 Å². The molecule has 12 N–H and O–H groups in total. The third kappa shape index (κ3) is 41.2. The zero-order chi connectivity index (χ0) is 73.2. The summed E-state index contributed by atoms with van der Waals surface area (Å²) in [7, 11) is 0. The van der Waals surface area contributed by atoms with Crippen molar-refractivity contribution in [3.05, 3.63) is 146 Å². The highest BCUT2D eigenvalue weighted by Crippen LogP contribution is 2.33. The van der Waals surface area contributed by atoms with Crippen molar-refractivity contribution in [1.29, 1.82) is 0 Å². The molecule has 0 saturated carbocycles. The van der Waals surface area contributed by atoms with Gasteiger partial charge in [0.05, 0.1) is 38.6 Å². The Hall–Kier alpha value is -4.33. The smallest absolute Gasteiger partial charge is 0.220 e. The lowest BCUT2D eigenvalue weighted by Gasteiger charge is -2.48. The molecule has 3 fully saturated rings. The summed E-state index contributed by atoms with van der Waals surface area (Å²) < 4.78 is 34.4. The minimum Gasteiger partial charge on any atom is -0.394 e. The number of aliphatic hydroxyl groups is 11. The van der Waals surface area contributed by atoms with Crippen molar-refractivity contribution in [2.45, 2.75) is 336 Å². The fourth-order valence-electron chi connectivity index (χ4n) is 12.0. The molecule has 17 atom stereocenters. The first-order valence-electron chi connectivity index (χ1n) is 38.6. The third-order valence-corrected chi connectivity index (χ3v) is 18.2. The molecule has 19 heteroatoms. The van der Waals surface area contributed by atoms with Crippen molar-refractivity contribution in [1.82, 2.24) is 5.32 Å². The standard InChI is InChI=1S/C82H135NO18/c1-3-5-7-9-11-13-15-17-19-20-21-22-23-24-25-26-27-28-29-30-31-32-33-34-35-36-37-38-39-40-41-42-43-44-46-48-50-52-54-56-58-60-70(88)83-65(66(87)59-57-55-53-51-49-47-45-18-16-14-12-10-8-6-4-2)64-96-80-76(94)73(91)78(68(62-85)98-80)101-82-77(95)74(92)79(69(63-86)99-82)100-81-75(93)72(90)71(89)67(61-84)97-81/h5,7,11,13,17,19,21-22,24-25,27-28,30-31,33-34,36-37,39-40,42-43,46,48,65-69,71-82,84-87,89-95H,3-4,6,8-10,12,14-16,18,20,23,26,29,32,35,38,41,44-45,47,49-64H2,1-2H3,(H,83,88)/b7-5-,13-11-,19-17-,22-21-,25-24-,28-27-,31-30-,34-33-,37-36-,40-39-,43-42-,48-46-. The lowest BCUT2D eigenvalue weighted by atomic mass is 9.96. The maximum absolute atomic E-state index is 13.4. The van der Waals surface area contributed by atoms with Crippen LogP contribution in [0.3, 0.4) is 0 Å². The third-order valence-electron chi connectivity index (χ3n) is 18.2. The first-order valence-corrected chi connectivity index (χ1v) is 38.6. The SMILES string of the molecule is CC/C=C\C/C=C\C/C=C\C/C=C\C/C=C\C/C=C\C/C=C\C/C=C\C/C=C\C/C=C\C/C=C\C/C=C\CCCCCCC(=O)NC(COC1OC(CO)C(OC2OC(CO)C(OC3OC(CO)C(O)C(O)C3O)C(O)C2O)C(O)C1O)C(O)CCCCCCCCCCCCCCCCC. The topological polar surface area (TPSA) is 307 Å². The van der Waals surface area contributed by atoms with Gasteiger partial charge < -0.3 is 89.9 Å². The first-order chi connectivity index (χ1) is 49.3. The quantitative estimate of drug-likeness (QED) is 0.0199. The fraction of sp³-hybridized carbons (Fsp3) is 0.695.